The van der Waals surface area contributed by atoms with Crippen molar-refractivity contribution >= 4 is 172 Å². The maximum Gasteiger partial charge on any atom is 0.182 e. The molecule has 0 atom stereocenters. The summed E-state index contributed by atoms with van der Waals surface area (Å²) in [5.41, 5.74) is 8.32. The van der Waals surface area contributed by atoms with Crippen LogP contribution in [0.25, 0.3) is 156 Å². The fraction of sp³-hybridized carbons (Fsp3) is 0.0323. The van der Waals surface area contributed by atoms with Crippen LogP contribution in [0.3, 0.4) is 0 Å². The van der Waals surface area contributed by atoms with Crippen LogP contribution >= 0.6 is 34.0 Å². The Balaban J connectivity index is 1.05. The predicted octanol–water partition coefficient (Wildman–Crippen LogP) is 16.2. The smallest absolute Gasteiger partial charge is 0.182 e. The third-order valence-electron chi connectivity index (χ3n) is 15.0. The van der Waals surface area contributed by atoms with Gasteiger partial charge in [0.2, 0.25) is 0 Å². The maximum absolute atomic E-state index is 6.08. The van der Waals surface area contributed by atoms with E-state index in [1.54, 1.807) is 0 Å². The van der Waals surface area contributed by atoms with Gasteiger partial charge < -0.3 is 4.57 Å². The fourth-order valence-electron chi connectivity index (χ4n) is 12.0. The van der Waals surface area contributed by atoms with Gasteiger partial charge in [-0.25, -0.2) is 9.97 Å². The van der Waals surface area contributed by atoms with Crippen LogP contribution in [0.2, 0.25) is 0 Å². The number of para-hydroxylation sites is 3. The lowest BCUT2D eigenvalue weighted by Gasteiger charge is -2.18. The summed E-state index contributed by atoms with van der Waals surface area (Å²) >= 11 is 5.61. The van der Waals surface area contributed by atoms with Gasteiger partial charge in [-0.15, -0.1) is 34.0 Å². The number of fused-ring (bicyclic) bond motifs is 19. The highest BCUT2D eigenvalue weighted by atomic mass is 32.1. The van der Waals surface area contributed by atoms with Crippen molar-refractivity contribution < 1.29 is 0 Å². The number of nitrogens with zero attached hydrogens (tertiary/aromatic N) is 5. The van der Waals surface area contributed by atoms with Crippen molar-refractivity contribution in [1.29, 1.82) is 0 Å². The molecule has 8 heteroatoms. The Morgan fingerprint density at radius 3 is 1.34 bits per heavy atom. The molecule has 0 fully saturated rings. The van der Waals surface area contributed by atoms with E-state index in [1.807, 2.05) is 34.0 Å². The molecule has 17 rings (SSSR count). The third kappa shape index (κ3) is 4.99. The molecule has 0 unspecified atom stereocenters. The van der Waals surface area contributed by atoms with Crippen LogP contribution < -0.4 is 10.6 Å². The summed E-state index contributed by atoms with van der Waals surface area (Å²) in [5, 5.41) is 16.2. The van der Waals surface area contributed by atoms with E-state index in [-0.39, 0.29) is 0 Å². The molecule has 0 spiro atoms. The lowest BCUT2D eigenvalue weighted by atomic mass is 10.1. The van der Waals surface area contributed by atoms with E-state index in [4.69, 9.17) is 9.97 Å². The van der Waals surface area contributed by atoms with Gasteiger partial charge in [0.15, 0.2) is 11.6 Å². The second-order valence-corrected chi connectivity index (χ2v) is 22.0. The Hall–Kier alpha value is -8.14. The average Bonchev–Trinajstić information content (AvgIpc) is 4.25. The predicted molar refractivity (Wildman–Crippen MR) is 301 cm³/mol. The van der Waals surface area contributed by atoms with E-state index >= 15 is 0 Å². The van der Waals surface area contributed by atoms with E-state index in [0.29, 0.717) is 0 Å². The molecule has 1 aliphatic rings. The standard InChI is InChI=1S/C62H35N5S3/c1-7-21-47-34(14-1)40-31-57-43(37-17-4-10-25-54(37)68-57)28-51(40)65(47)50-24-13-20-46-60(50)64-62(67-49-23-9-3-16-36(49)42-33-59-45(30-53(42)67)39-19-6-12-27-56(39)70-59)61(63-46)66-48-22-8-2-15-35(48)41-32-58-44(29-52(41)66)38-18-5-11-26-55(38)69-58/h2-6,8-33H,1,7H2. The third-order valence-corrected chi connectivity index (χ3v) is 18.4. The lowest BCUT2D eigenvalue weighted by Crippen LogP contribution is -2.30. The Morgan fingerprint density at radius 1 is 0.329 bits per heavy atom. The summed E-state index contributed by atoms with van der Waals surface area (Å²) in [4.78, 5) is 12.0. The van der Waals surface area contributed by atoms with Gasteiger partial charge in [-0.2, -0.15) is 0 Å². The second-order valence-electron chi connectivity index (χ2n) is 18.7. The number of thiophene rings is 3. The Bertz CT molecular complexity index is 5150. The molecule has 1 aliphatic carbocycles. The van der Waals surface area contributed by atoms with Crippen LogP contribution in [0.4, 0.5) is 0 Å². The first-order valence-corrected chi connectivity index (χ1v) is 26.3. The highest BCUT2D eigenvalue weighted by Gasteiger charge is 2.26. The molecular formula is C62H35N5S3. The monoisotopic (exact) mass is 945 g/mol. The van der Waals surface area contributed by atoms with E-state index in [9.17, 15) is 0 Å². The minimum Gasteiger partial charge on any atom is -0.307 e. The lowest BCUT2D eigenvalue weighted by molar-refractivity contribution is 0.985. The molecule has 0 aliphatic heterocycles. The Morgan fingerprint density at radius 2 is 0.786 bits per heavy atom. The molecule has 0 bridgehead atoms. The van der Waals surface area contributed by atoms with Gasteiger partial charge in [-0.05, 0) is 91.7 Å². The van der Waals surface area contributed by atoms with E-state index in [1.165, 1.54) is 104 Å². The Kier molecular flexibility index (Phi) is 7.43. The number of aromatic nitrogens is 5. The van der Waals surface area contributed by atoms with Crippen molar-refractivity contribution in [3.8, 4) is 17.3 Å². The van der Waals surface area contributed by atoms with Crippen LogP contribution in [-0.4, -0.2) is 23.7 Å². The minimum atomic E-state index is 0.787. The highest BCUT2D eigenvalue weighted by molar-refractivity contribution is 7.26. The van der Waals surface area contributed by atoms with E-state index in [0.717, 1.165) is 63.3 Å². The van der Waals surface area contributed by atoms with Gasteiger partial charge in [0.25, 0.3) is 0 Å². The van der Waals surface area contributed by atoms with Crippen LogP contribution in [-0.2, 0) is 0 Å². The largest absolute Gasteiger partial charge is 0.307 e. The number of hydrogen-bond donors (Lipinski definition) is 0. The zero-order valence-electron chi connectivity index (χ0n) is 37.3. The highest BCUT2D eigenvalue weighted by Crippen LogP contribution is 2.45. The number of rotatable bonds is 3. The first-order chi connectivity index (χ1) is 34.7. The molecule has 0 saturated heterocycles. The Labute approximate surface area is 409 Å². The molecule has 7 heterocycles. The van der Waals surface area contributed by atoms with Gasteiger partial charge in [-0.3, -0.25) is 9.13 Å². The van der Waals surface area contributed by atoms with Crippen LogP contribution in [0.15, 0.2) is 176 Å². The summed E-state index contributed by atoms with van der Waals surface area (Å²) < 4.78 is 15.1. The van der Waals surface area contributed by atoms with Gasteiger partial charge in [0.1, 0.15) is 5.52 Å². The molecule has 5 nitrogen and oxygen atoms in total. The van der Waals surface area contributed by atoms with Crippen molar-refractivity contribution in [2.45, 2.75) is 12.8 Å². The quantitative estimate of drug-likeness (QED) is 0.177. The van der Waals surface area contributed by atoms with Crippen molar-refractivity contribution in [2.24, 2.45) is 0 Å². The summed E-state index contributed by atoms with van der Waals surface area (Å²) in [6.07, 6.45) is 6.88. The van der Waals surface area contributed by atoms with Crippen molar-refractivity contribution in [1.82, 2.24) is 23.7 Å². The molecular weight excluding hydrogens is 911 g/mol. The fourth-order valence-corrected chi connectivity index (χ4v) is 15.4. The van der Waals surface area contributed by atoms with Gasteiger partial charge in [-0.1, -0.05) is 109 Å². The summed E-state index contributed by atoms with van der Waals surface area (Å²) in [6.45, 7) is 0. The first kappa shape index (κ1) is 37.8. The van der Waals surface area contributed by atoms with Crippen LogP contribution in [0.1, 0.15) is 12.8 Å². The van der Waals surface area contributed by atoms with E-state index in [2.05, 4.69) is 202 Å². The average molecular weight is 946 g/mol. The zero-order valence-corrected chi connectivity index (χ0v) is 39.7. The van der Waals surface area contributed by atoms with Crippen molar-refractivity contribution in [3.05, 3.63) is 186 Å². The zero-order chi connectivity index (χ0) is 45.3. The molecule has 0 N–H and O–H groups in total. The molecule has 0 saturated carbocycles. The van der Waals surface area contributed by atoms with Crippen LogP contribution in [0.5, 0.6) is 0 Å². The molecule has 0 amide bonds. The molecule has 9 aromatic carbocycles. The van der Waals surface area contributed by atoms with Gasteiger partial charge in [0.05, 0.1) is 38.8 Å². The maximum atomic E-state index is 6.08. The number of benzene rings is 9. The molecule has 0 radical (unpaired) electrons. The number of hydrogen-bond acceptors (Lipinski definition) is 5. The normalized spacial score (nSPS) is 13.3. The molecule has 326 valence electrons. The van der Waals surface area contributed by atoms with Crippen molar-refractivity contribution in [3.63, 3.8) is 0 Å². The second kappa shape index (κ2) is 13.8. The summed E-state index contributed by atoms with van der Waals surface area (Å²) in [6, 6.07) is 65.2. The van der Waals surface area contributed by atoms with Crippen molar-refractivity contribution in [2.75, 3.05) is 0 Å². The van der Waals surface area contributed by atoms with Gasteiger partial charge >= 0.3 is 0 Å². The molecule has 16 aromatic rings. The topological polar surface area (TPSA) is 40.6 Å². The molecule has 7 aromatic heterocycles. The summed E-state index contributed by atoms with van der Waals surface area (Å²) in [7, 11) is 0. The SMILES string of the molecule is C1=c2c(n(-c3cccc4nc(-n5c6ccccc6c6cc7sc8ccccc8c7cc65)c(-n5c6ccccc6c6cc7sc8ccccc8c7cc65)nc34)c3cc4c(cc23)sc2ccccc24)=CCC1. The minimum absolute atomic E-state index is 0.787. The van der Waals surface area contributed by atoms with E-state index < -0.39 is 0 Å². The summed E-state index contributed by atoms with van der Waals surface area (Å²) in [5.74, 6) is 1.58. The first-order valence-electron chi connectivity index (χ1n) is 23.9. The van der Waals surface area contributed by atoms with Gasteiger partial charge in [0, 0.05) is 98.0 Å². The molecule has 70 heavy (non-hydrogen) atoms. The van der Waals surface area contributed by atoms with Crippen LogP contribution in [0, 0.1) is 0 Å².